The number of hydrogen-bond donors (Lipinski definition) is 2. The van der Waals surface area contributed by atoms with Crippen molar-refractivity contribution in [3.05, 3.63) is 68.7 Å². The fourth-order valence-corrected chi connectivity index (χ4v) is 5.61. The molecule has 3 aromatic rings. The second kappa shape index (κ2) is 10.1. The van der Waals surface area contributed by atoms with Gasteiger partial charge in [0, 0.05) is 36.1 Å². The standard InChI is InChI=1S/C25H23ClF3N5O2S/c1-14-19-8-15(9-22-23(36)31-24(37-22)33-7-6-30-18(12-33)13-35)2-5-21(19)34(32-14)11-16-3-4-17(26)10-20(16)25(27,28)29/h2-5,8-10,18,30,35H,6-7,11-13H2,1H3/b22-9-. The summed E-state index contributed by atoms with van der Waals surface area (Å²) >= 11 is 7.11. The fourth-order valence-electron chi connectivity index (χ4n) is 4.49. The van der Waals surface area contributed by atoms with Crippen molar-refractivity contribution >= 4 is 51.4 Å². The maximum absolute atomic E-state index is 13.6. The molecule has 1 aromatic heterocycles. The van der Waals surface area contributed by atoms with Gasteiger partial charge >= 0.3 is 6.18 Å². The summed E-state index contributed by atoms with van der Waals surface area (Å²) in [6.45, 7) is 3.68. The van der Waals surface area contributed by atoms with E-state index in [1.165, 1.54) is 23.9 Å². The summed E-state index contributed by atoms with van der Waals surface area (Å²) in [7, 11) is 0. The Hall–Kier alpha value is -2.86. The molecule has 0 bridgehead atoms. The van der Waals surface area contributed by atoms with Crippen LogP contribution in [-0.4, -0.2) is 63.1 Å². The van der Waals surface area contributed by atoms with Crippen molar-refractivity contribution in [2.24, 2.45) is 4.99 Å². The summed E-state index contributed by atoms with van der Waals surface area (Å²) in [4.78, 5) is 19.2. The number of nitrogens with zero attached hydrogens (tertiary/aromatic N) is 4. The number of rotatable bonds is 4. The second-order valence-corrected chi connectivity index (χ2v) is 10.4. The molecule has 1 atom stereocenters. The van der Waals surface area contributed by atoms with E-state index in [9.17, 15) is 23.1 Å². The van der Waals surface area contributed by atoms with Crippen molar-refractivity contribution in [2.75, 3.05) is 26.2 Å². The molecule has 0 aliphatic carbocycles. The molecule has 2 aliphatic heterocycles. The quantitative estimate of drug-likeness (QED) is 0.472. The zero-order valence-electron chi connectivity index (χ0n) is 19.7. The summed E-state index contributed by atoms with van der Waals surface area (Å²) in [5.41, 5.74) is 1.39. The highest BCUT2D eigenvalue weighted by Crippen LogP contribution is 2.35. The van der Waals surface area contributed by atoms with Gasteiger partial charge in [-0.2, -0.15) is 23.3 Å². The maximum atomic E-state index is 13.6. The predicted octanol–water partition coefficient (Wildman–Crippen LogP) is 4.30. The predicted molar refractivity (Wildman–Crippen MR) is 138 cm³/mol. The Labute approximate surface area is 220 Å². The van der Waals surface area contributed by atoms with Gasteiger partial charge in [-0.25, -0.2) is 0 Å². The summed E-state index contributed by atoms with van der Waals surface area (Å²) in [6, 6.07) is 9.13. The number of piperazine rings is 1. The van der Waals surface area contributed by atoms with Crippen LogP contribution in [0.4, 0.5) is 13.2 Å². The maximum Gasteiger partial charge on any atom is 0.416 e. The number of halogens is 4. The number of aromatic nitrogens is 2. The van der Waals surface area contributed by atoms with Crippen molar-refractivity contribution < 1.29 is 23.1 Å². The Morgan fingerprint density at radius 1 is 1.27 bits per heavy atom. The molecule has 2 aliphatic rings. The number of aliphatic hydroxyl groups excluding tert-OH is 1. The monoisotopic (exact) mass is 549 g/mol. The zero-order chi connectivity index (χ0) is 26.3. The number of aryl methyl sites for hydroxylation is 1. The van der Waals surface area contributed by atoms with Gasteiger partial charge < -0.3 is 15.3 Å². The van der Waals surface area contributed by atoms with E-state index in [1.807, 2.05) is 11.0 Å². The number of amides is 1. The minimum absolute atomic E-state index is 0.00761. The normalized spacial score (nSPS) is 19.8. The third-order valence-electron chi connectivity index (χ3n) is 6.31. The largest absolute Gasteiger partial charge is 0.416 e. The molecule has 5 rings (SSSR count). The van der Waals surface area contributed by atoms with Crippen LogP contribution in [0.3, 0.4) is 0 Å². The van der Waals surface area contributed by atoms with Crippen LogP contribution in [0, 0.1) is 6.92 Å². The number of carbonyl (C=O) groups is 1. The Kier molecular flexibility index (Phi) is 7.06. The molecule has 194 valence electrons. The molecule has 0 radical (unpaired) electrons. The highest BCUT2D eigenvalue weighted by molar-refractivity contribution is 8.18. The van der Waals surface area contributed by atoms with Crippen LogP contribution < -0.4 is 5.32 Å². The highest BCUT2D eigenvalue weighted by atomic mass is 35.5. The number of benzene rings is 2. The number of thioether (sulfide) groups is 1. The summed E-state index contributed by atoms with van der Waals surface area (Å²) in [5, 5.41) is 18.5. The molecule has 7 nitrogen and oxygen atoms in total. The first-order valence-corrected chi connectivity index (χ1v) is 12.8. The zero-order valence-corrected chi connectivity index (χ0v) is 21.3. The van der Waals surface area contributed by atoms with E-state index < -0.39 is 11.7 Å². The van der Waals surface area contributed by atoms with Crippen LogP contribution in [0.5, 0.6) is 0 Å². The van der Waals surface area contributed by atoms with E-state index in [2.05, 4.69) is 15.4 Å². The van der Waals surface area contributed by atoms with Crippen LogP contribution >= 0.6 is 23.4 Å². The molecular formula is C25H23ClF3N5O2S. The van der Waals surface area contributed by atoms with Crippen LogP contribution in [0.1, 0.15) is 22.4 Å². The van der Waals surface area contributed by atoms with Crippen molar-refractivity contribution in [2.45, 2.75) is 25.7 Å². The van der Waals surface area contributed by atoms with E-state index in [0.717, 1.165) is 17.0 Å². The van der Waals surface area contributed by atoms with Gasteiger partial charge in [0.15, 0.2) is 5.17 Å². The van der Waals surface area contributed by atoms with Gasteiger partial charge in [-0.1, -0.05) is 23.7 Å². The average Bonchev–Trinajstić information content (AvgIpc) is 3.38. The first-order valence-electron chi connectivity index (χ1n) is 11.6. The molecular weight excluding hydrogens is 527 g/mol. The highest BCUT2D eigenvalue weighted by Gasteiger charge is 2.34. The van der Waals surface area contributed by atoms with Crippen molar-refractivity contribution in [3.8, 4) is 0 Å². The first-order chi connectivity index (χ1) is 17.6. The van der Waals surface area contributed by atoms with Crippen LogP contribution in [0.25, 0.3) is 17.0 Å². The number of amidine groups is 1. The van der Waals surface area contributed by atoms with Gasteiger partial charge in [-0.3, -0.25) is 9.48 Å². The lowest BCUT2D eigenvalue weighted by atomic mass is 10.1. The van der Waals surface area contributed by atoms with Crippen molar-refractivity contribution in [3.63, 3.8) is 0 Å². The first kappa shape index (κ1) is 25.8. The Morgan fingerprint density at radius 2 is 2.08 bits per heavy atom. The lowest BCUT2D eigenvalue weighted by Crippen LogP contribution is -2.53. The third-order valence-corrected chi connectivity index (χ3v) is 7.59. The lowest BCUT2D eigenvalue weighted by molar-refractivity contribution is -0.138. The average molecular weight is 550 g/mol. The Bertz CT molecular complexity index is 1440. The van der Waals surface area contributed by atoms with E-state index in [-0.39, 0.29) is 35.7 Å². The fraction of sp³-hybridized carbons (Fsp3) is 0.320. The van der Waals surface area contributed by atoms with E-state index in [1.54, 1.807) is 29.8 Å². The van der Waals surface area contributed by atoms with Gasteiger partial charge in [0.05, 0.1) is 34.8 Å². The molecule has 1 fully saturated rings. The third kappa shape index (κ3) is 5.40. The van der Waals surface area contributed by atoms with Crippen LogP contribution in [-0.2, 0) is 17.5 Å². The molecule has 0 saturated carbocycles. The van der Waals surface area contributed by atoms with Crippen LogP contribution in [0.2, 0.25) is 5.02 Å². The number of hydrogen-bond acceptors (Lipinski definition) is 6. The van der Waals surface area contributed by atoms with Crippen LogP contribution in [0.15, 0.2) is 46.3 Å². The topological polar surface area (TPSA) is 82.8 Å². The molecule has 3 heterocycles. The van der Waals surface area contributed by atoms with Gasteiger partial charge in [-0.15, -0.1) is 0 Å². The number of nitrogens with one attached hydrogen (secondary N) is 1. The Balaban J connectivity index is 1.39. The summed E-state index contributed by atoms with van der Waals surface area (Å²) in [6.07, 6.45) is -2.78. The summed E-state index contributed by atoms with van der Waals surface area (Å²) < 4.78 is 42.2. The van der Waals surface area contributed by atoms with Gasteiger partial charge in [-0.05, 0) is 60.2 Å². The van der Waals surface area contributed by atoms with Gasteiger partial charge in [0.1, 0.15) is 0 Å². The smallest absolute Gasteiger partial charge is 0.395 e. The van der Waals surface area contributed by atoms with Crippen molar-refractivity contribution in [1.29, 1.82) is 0 Å². The Morgan fingerprint density at radius 3 is 2.84 bits per heavy atom. The summed E-state index contributed by atoms with van der Waals surface area (Å²) in [5.74, 6) is -0.325. The molecule has 1 unspecified atom stereocenters. The number of aliphatic imine (C=N–C) groups is 1. The van der Waals surface area contributed by atoms with Gasteiger partial charge in [0.25, 0.3) is 5.91 Å². The van der Waals surface area contributed by atoms with Crippen molar-refractivity contribution in [1.82, 2.24) is 20.0 Å². The number of carbonyl (C=O) groups excluding carboxylic acids is 1. The molecule has 0 spiro atoms. The minimum atomic E-state index is -4.53. The molecule has 2 N–H and O–H groups in total. The van der Waals surface area contributed by atoms with E-state index in [4.69, 9.17) is 11.6 Å². The number of fused-ring (bicyclic) bond motifs is 1. The molecule has 1 saturated heterocycles. The molecule has 2 aromatic carbocycles. The van der Waals surface area contributed by atoms with E-state index in [0.29, 0.717) is 40.9 Å². The lowest BCUT2D eigenvalue weighted by Gasteiger charge is -2.33. The van der Waals surface area contributed by atoms with E-state index >= 15 is 0 Å². The molecule has 1 amide bonds. The number of aliphatic hydroxyl groups is 1. The van der Waals surface area contributed by atoms with Gasteiger partial charge in [0.2, 0.25) is 0 Å². The molecule has 37 heavy (non-hydrogen) atoms. The number of alkyl halides is 3. The molecule has 12 heteroatoms. The SMILES string of the molecule is Cc1nn(Cc2ccc(Cl)cc2C(F)(F)F)c2ccc(/C=C3\SC(N4CCNC(CO)C4)=NC3=O)cc12. The second-order valence-electron chi connectivity index (χ2n) is 8.91. The minimum Gasteiger partial charge on any atom is -0.395 e.